The van der Waals surface area contributed by atoms with E-state index in [0.717, 1.165) is 11.3 Å². The third-order valence-corrected chi connectivity index (χ3v) is 3.41. The lowest BCUT2D eigenvalue weighted by Gasteiger charge is -2.12. The molecule has 0 aromatic heterocycles. The van der Waals surface area contributed by atoms with Crippen LogP contribution in [0.5, 0.6) is 0 Å². The first-order chi connectivity index (χ1) is 10.0. The van der Waals surface area contributed by atoms with E-state index in [-0.39, 0.29) is 0 Å². The quantitative estimate of drug-likeness (QED) is 0.668. The molecule has 0 aliphatic heterocycles. The van der Waals surface area contributed by atoms with Crippen molar-refractivity contribution in [2.45, 2.75) is 20.4 Å². The standard InChI is InChI=1S/C17H20N2O2/c1-11-4-6-13(7-5-11)10-19-14-8-12(2)16(18)15(9-14)17(20)21-3/h4-9,19H,10,18H2,1-3H3. The number of aryl methyl sites for hydroxylation is 2. The predicted molar refractivity (Wildman–Crippen MR) is 85.4 cm³/mol. The second kappa shape index (κ2) is 6.31. The van der Waals surface area contributed by atoms with Gasteiger partial charge in [0.15, 0.2) is 0 Å². The Morgan fingerprint density at radius 1 is 1.19 bits per heavy atom. The zero-order chi connectivity index (χ0) is 15.4. The zero-order valence-electron chi connectivity index (χ0n) is 12.6. The number of anilines is 2. The van der Waals surface area contributed by atoms with E-state index in [1.807, 2.05) is 13.0 Å². The van der Waals surface area contributed by atoms with E-state index < -0.39 is 5.97 Å². The van der Waals surface area contributed by atoms with Crippen molar-refractivity contribution in [3.05, 3.63) is 58.7 Å². The van der Waals surface area contributed by atoms with Crippen LogP contribution in [-0.4, -0.2) is 13.1 Å². The van der Waals surface area contributed by atoms with E-state index in [9.17, 15) is 4.79 Å². The molecule has 110 valence electrons. The molecular weight excluding hydrogens is 264 g/mol. The number of nitrogen functional groups attached to an aromatic ring is 1. The highest BCUT2D eigenvalue weighted by Gasteiger charge is 2.13. The number of benzene rings is 2. The lowest BCUT2D eigenvalue weighted by Crippen LogP contribution is -2.09. The molecule has 2 rings (SSSR count). The summed E-state index contributed by atoms with van der Waals surface area (Å²) >= 11 is 0. The molecule has 0 amide bonds. The van der Waals surface area contributed by atoms with Crippen LogP contribution in [0.25, 0.3) is 0 Å². The fourth-order valence-corrected chi connectivity index (χ4v) is 2.09. The summed E-state index contributed by atoms with van der Waals surface area (Å²) in [5.41, 5.74) is 10.9. The molecule has 0 aliphatic carbocycles. The van der Waals surface area contributed by atoms with Gasteiger partial charge in [0.05, 0.1) is 12.7 Å². The Kier molecular flexibility index (Phi) is 4.48. The molecule has 2 aromatic carbocycles. The van der Waals surface area contributed by atoms with Crippen LogP contribution in [0.15, 0.2) is 36.4 Å². The van der Waals surface area contributed by atoms with Crippen molar-refractivity contribution in [1.82, 2.24) is 0 Å². The van der Waals surface area contributed by atoms with Crippen molar-refractivity contribution in [2.24, 2.45) is 0 Å². The van der Waals surface area contributed by atoms with Crippen LogP contribution in [0.3, 0.4) is 0 Å². The topological polar surface area (TPSA) is 64.3 Å². The summed E-state index contributed by atoms with van der Waals surface area (Å²) < 4.78 is 4.76. The summed E-state index contributed by atoms with van der Waals surface area (Å²) in [6, 6.07) is 12.0. The van der Waals surface area contributed by atoms with Crippen molar-refractivity contribution >= 4 is 17.3 Å². The monoisotopic (exact) mass is 284 g/mol. The van der Waals surface area contributed by atoms with Gasteiger partial charge in [-0.3, -0.25) is 0 Å². The fraction of sp³-hybridized carbons (Fsp3) is 0.235. The van der Waals surface area contributed by atoms with Crippen molar-refractivity contribution in [1.29, 1.82) is 0 Å². The molecule has 0 radical (unpaired) electrons. The van der Waals surface area contributed by atoms with Gasteiger partial charge in [0.25, 0.3) is 0 Å². The average Bonchev–Trinajstić information content (AvgIpc) is 2.49. The number of methoxy groups -OCH3 is 1. The first-order valence-electron chi connectivity index (χ1n) is 6.79. The summed E-state index contributed by atoms with van der Waals surface area (Å²) in [6.07, 6.45) is 0. The third kappa shape index (κ3) is 3.54. The minimum atomic E-state index is -0.422. The number of rotatable bonds is 4. The number of carbonyl (C=O) groups excluding carboxylic acids is 1. The van der Waals surface area contributed by atoms with Gasteiger partial charge in [-0.2, -0.15) is 0 Å². The molecule has 0 unspecified atom stereocenters. The Bertz CT molecular complexity index is 649. The maximum Gasteiger partial charge on any atom is 0.340 e. The summed E-state index contributed by atoms with van der Waals surface area (Å²) in [5, 5.41) is 3.30. The zero-order valence-corrected chi connectivity index (χ0v) is 12.6. The van der Waals surface area contributed by atoms with Crippen molar-refractivity contribution in [3.63, 3.8) is 0 Å². The van der Waals surface area contributed by atoms with Crippen LogP contribution in [0, 0.1) is 13.8 Å². The highest BCUT2D eigenvalue weighted by atomic mass is 16.5. The molecule has 0 spiro atoms. The molecule has 0 atom stereocenters. The van der Waals surface area contributed by atoms with Crippen molar-refractivity contribution in [3.8, 4) is 0 Å². The van der Waals surface area contributed by atoms with Crippen LogP contribution in [0.4, 0.5) is 11.4 Å². The maximum absolute atomic E-state index is 11.7. The molecule has 0 bridgehead atoms. The van der Waals surface area contributed by atoms with E-state index in [2.05, 4.69) is 36.5 Å². The van der Waals surface area contributed by atoms with Crippen LogP contribution in [-0.2, 0) is 11.3 Å². The first-order valence-corrected chi connectivity index (χ1v) is 6.79. The minimum absolute atomic E-state index is 0.393. The van der Waals surface area contributed by atoms with Crippen LogP contribution in [0.2, 0.25) is 0 Å². The predicted octanol–water partition coefficient (Wildman–Crippen LogP) is 3.28. The van der Waals surface area contributed by atoms with Gasteiger partial charge in [-0.15, -0.1) is 0 Å². The number of hydrogen-bond acceptors (Lipinski definition) is 4. The van der Waals surface area contributed by atoms with Crippen LogP contribution >= 0.6 is 0 Å². The number of carbonyl (C=O) groups is 1. The van der Waals surface area contributed by atoms with Crippen LogP contribution in [0.1, 0.15) is 27.0 Å². The molecule has 0 aliphatic rings. The van der Waals surface area contributed by atoms with E-state index in [1.54, 1.807) is 6.07 Å². The van der Waals surface area contributed by atoms with Gasteiger partial charge in [-0.1, -0.05) is 29.8 Å². The Balaban J connectivity index is 2.18. The fourth-order valence-electron chi connectivity index (χ4n) is 2.09. The maximum atomic E-state index is 11.7. The van der Waals surface area contributed by atoms with Crippen molar-refractivity contribution < 1.29 is 9.53 Å². The van der Waals surface area contributed by atoms with Gasteiger partial charge in [0, 0.05) is 17.9 Å². The lowest BCUT2D eigenvalue weighted by atomic mass is 10.1. The van der Waals surface area contributed by atoms with Crippen LogP contribution < -0.4 is 11.1 Å². The highest BCUT2D eigenvalue weighted by molar-refractivity contribution is 5.97. The smallest absolute Gasteiger partial charge is 0.340 e. The number of nitrogens with two attached hydrogens (primary N) is 1. The van der Waals surface area contributed by atoms with E-state index in [1.165, 1.54) is 18.2 Å². The average molecular weight is 284 g/mol. The number of hydrogen-bond donors (Lipinski definition) is 2. The molecule has 2 aromatic rings. The van der Waals surface area contributed by atoms with E-state index >= 15 is 0 Å². The number of nitrogens with one attached hydrogen (secondary N) is 1. The molecule has 0 saturated heterocycles. The normalized spacial score (nSPS) is 10.2. The summed E-state index contributed by atoms with van der Waals surface area (Å²) in [6.45, 7) is 4.62. The number of ether oxygens (including phenoxy) is 1. The third-order valence-electron chi connectivity index (χ3n) is 3.41. The van der Waals surface area contributed by atoms with Gasteiger partial charge in [0.1, 0.15) is 0 Å². The molecule has 0 heterocycles. The Morgan fingerprint density at radius 2 is 1.86 bits per heavy atom. The van der Waals surface area contributed by atoms with E-state index in [4.69, 9.17) is 10.5 Å². The second-order valence-corrected chi connectivity index (χ2v) is 5.09. The molecule has 0 fully saturated rings. The molecule has 0 saturated carbocycles. The molecule has 3 N–H and O–H groups in total. The summed E-state index contributed by atoms with van der Waals surface area (Å²) in [5.74, 6) is -0.422. The van der Waals surface area contributed by atoms with Gasteiger partial charge in [-0.05, 0) is 37.1 Å². The minimum Gasteiger partial charge on any atom is -0.465 e. The highest BCUT2D eigenvalue weighted by Crippen LogP contribution is 2.24. The Morgan fingerprint density at radius 3 is 2.48 bits per heavy atom. The summed E-state index contributed by atoms with van der Waals surface area (Å²) in [7, 11) is 1.35. The Hall–Kier alpha value is -2.49. The van der Waals surface area contributed by atoms with Gasteiger partial charge >= 0.3 is 5.97 Å². The molecule has 21 heavy (non-hydrogen) atoms. The van der Waals surface area contributed by atoms with Gasteiger partial charge in [-0.25, -0.2) is 4.79 Å². The molecule has 4 heteroatoms. The molecule has 4 nitrogen and oxygen atoms in total. The number of esters is 1. The first kappa shape index (κ1) is 14.9. The second-order valence-electron chi connectivity index (χ2n) is 5.09. The van der Waals surface area contributed by atoms with Crippen molar-refractivity contribution in [2.75, 3.05) is 18.2 Å². The largest absolute Gasteiger partial charge is 0.465 e. The SMILES string of the molecule is COC(=O)c1cc(NCc2ccc(C)cc2)cc(C)c1N. The molecular formula is C17H20N2O2. The van der Waals surface area contributed by atoms with E-state index in [0.29, 0.717) is 17.8 Å². The Labute approximate surface area is 124 Å². The summed E-state index contributed by atoms with van der Waals surface area (Å²) in [4.78, 5) is 11.7. The lowest BCUT2D eigenvalue weighted by molar-refractivity contribution is 0.0602. The van der Waals surface area contributed by atoms with Gasteiger partial charge in [0.2, 0.25) is 0 Å². The van der Waals surface area contributed by atoms with Gasteiger partial charge < -0.3 is 15.8 Å².